The Balaban J connectivity index is 3.13. The van der Waals surface area contributed by atoms with Gasteiger partial charge < -0.3 is 5.11 Å². The summed E-state index contributed by atoms with van der Waals surface area (Å²) in [5.74, 6) is 0. The Morgan fingerprint density at radius 3 is 2.29 bits per heavy atom. The lowest BCUT2D eigenvalue weighted by atomic mass is 10.7. The number of aliphatic hydroxyl groups excluding tert-OH is 1. The summed E-state index contributed by atoms with van der Waals surface area (Å²) >= 11 is 0. The minimum atomic E-state index is -2.39. The van der Waals surface area contributed by atoms with Crippen LogP contribution in [-0.4, -0.2) is 16.2 Å². The Morgan fingerprint density at radius 1 is 1.86 bits per heavy atom. The molecule has 0 radical (unpaired) electrons. The van der Waals surface area contributed by atoms with Gasteiger partial charge >= 0.3 is 8.18 Å². The highest BCUT2D eigenvalue weighted by Gasteiger charge is 2.11. The van der Waals surface area contributed by atoms with Crippen LogP contribution in [-0.2, 0) is 4.57 Å². The van der Waals surface area contributed by atoms with Gasteiger partial charge in [0.05, 0.1) is 0 Å². The lowest BCUT2D eigenvalue weighted by molar-refractivity contribution is 0.181. The molecule has 0 aromatic carbocycles. The van der Waals surface area contributed by atoms with Crippen LogP contribution in [0.1, 0.15) is 6.92 Å². The smallest absolute Gasteiger partial charge is 0.375 e. The van der Waals surface area contributed by atoms with Gasteiger partial charge in [0, 0.05) is 0 Å². The summed E-state index contributed by atoms with van der Waals surface area (Å²) in [6.07, 6.45) is -0.909. The van der Waals surface area contributed by atoms with Gasteiger partial charge in [-0.2, -0.15) is 0 Å². The second-order valence-electron chi connectivity index (χ2n) is 1.08. The van der Waals surface area contributed by atoms with Crippen molar-refractivity contribution in [2.45, 2.75) is 13.2 Å². The number of rotatable bonds is 2. The summed E-state index contributed by atoms with van der Waals surface area (Å²) in [6, 6.07) is 0. The van der Waals surface area contributed by atoms with Crippen LogP contribution < -0.4 is 5.09 Å². The summed E-state index contributed by atoms with van der Waals surface area (Å²) in [6.45, 7) is 1.36. The summed E-state index contributed by atoms with van der Waals surface area (Å²) in [5.41, 5.74) is 0. The van der Waals surface area contributed by atoms with Crippen molar-refractivity contribution < 1.29 is 14.6 Å². The van der Waals surface area contributed by atoms with E-state index in [1.54, 1.807) is 0 Å². The van der Waals surface area contributed by atoms with Gasteiger partial charge in [0.15, 0.2) is 0 Å². The molecular weight excluding hydrogens is 117 g/mol. The van der Waals surface area contributed by atoms with Crippen molar-refractivity contribution in [1.29, 1.82) is 0 Å². The van der Waals surface area contributed by atoms with Crippen molar-refractivity contribution in [3.63, 3.8) is 0 Å². The third-order valence-electron chi connectivity index (χ3n) is 0.297. The monoisotopic (exact) mass is 124 g/mol. The largest absolute Gasteiger partial charge is 0.612 e. The summed E-state index contributed by atoms with van der Waals surface area (Å²) in [7, 11) is -2.39. The first-order chi connectivity index (χ1) is 3.13. The van der Waals surface area contributed by atoms with E-state index in [2.05, 4.69) is 0 Å². The van der Waals surface area contributed by atoms with Gasteiger partial charge in [-0.05, 0) is 11.5 Å². The third-order valence-corrected chi connectivity index (χ3v) is 0.892. The van der Waals surface area contributed by atoms with E-state index in [4.69, 9.17) is 10.00 Å². The summed E-state index contributed by atoms with van der Waals surface area (Å²) in [5, 5.41) is 10.2. The maximum absolute atomic E-state index is 9.69. The lowest BCUT2D eigenvalue weighted by Crippen LogP contribution is -2.16. The minimum Gasteiger partial charge on any atom is -0.375 e. The Morgan fingerprint density at radius 2 is 2.29 bits per heavy atom. The molecule has 0 spiro atoms. The van der Waals surface area contributed by atoms with Crippen LogP contribution in [0.2, 0.25) is 0 Å². The molecule has 0 aliphatic carbocycles. The molecule has 0 aromatic rings. The molecule has 42 valence electrons. The molecular formula is C2H7NO3P+. The van der Waals surface area contributed by atoms with Crippen LogP contribution in [0.4, 0.5) is 0 Å². The minimum absolute atomic E-state index is 0.909. The molecule has 0 bridgehead atoms. The summed E-state index contributed by atoms with van der Waals surface area (Å²) in [4.78, 5) is 7.96. The van der Waals surface area contributed by atoms with Crippen molar-refractivity contribution in [1.82, 2.24) is 5.09 Å². The van der Waals surface area contributed by atoms with Gasteiger partial charge in [-0.3, -0.25) is 0 Å². The molecule has 0 aromatic heterocycles. The topological polar surface area (TPSA) is 69.6 Å². The molecule has 0 aliphatic heterocycles. The fourth-order valence-electron chi connectivity index (χ4n) is 0.160. The average molecular weight is 124 g/mol. The molecule has 3 N–H and O–H groups in total. The van der Waals surface area contributed by atoms with E-state index in [1.807, 2.05) is 5.09 Å². The Hall–Kier alpha value is -0.0200. The molecule has 2 unspecified atom stereocenters. The maximum Gasteiger partial charge on any atom is 0.612 e. The highest BCUT2D eigenvalue weighted by Crippen LogP contribution is 2.04. The zero-order valence-corrected chi connectivity index (χ0v) is 4.72. The molecule has 0 amide bonds. The van der Waals surface area contributed by atoms with Crippen LogP contribution >= 0.6 is 8.18 Å². The number of hydrogen-bond acceptors (Lipinski definition) is 2. The predicted molar refractivity (Wildman–Crippen MR) is 24.6 cm³/mol. The first kappa shape index (κ1) is 6.98. The molecule has 2 atom stereocenters. The van der Waals surface area contributed by atoms with E-state index < -0.39 is 14.4 Å². The standard InChI is InChI=1S/C2H6NO3P/c1-2(4)3-7(5)6/h2,4H,1H3,(H-,3,5,6)/p+1. The molecule has 5 heteroatoms. The zero-order valence-electron chi connectivity index (χ0n) is 3.83. The van der Waals surface area contributed by atoms with E-state index in [1.165, 1.54) is 6.92 Å². The van der Waals surface area contributed by atoms with Crippen LogP contribution in [0.3, 0.4) is 0 Å². The van der Waals surface area contributed by atoms with Crippen molar-refractivity contribution in [2.24, 2.45) is 0 Å². The lowest BCUT2D eigenvalue weighted by Gasteiger charge is -1.88. The van der Waals surface area contributed by atoms with E-state index >= 15 is 0 Å². The van der Waals surface area contributed by atoms with E-state index in [-0.39, 0.29) is 0 Å². The first-order valence-corrected chi connectivity index (χ1v) is 2.94. The van der Waals surface area contributed by atoms with Gasteiger partial charge in [-0.25, -0.2) is 0 Å². The van der Waals surface area contributed by atoms with Crippen molar-refractivity contribution in [2.75, 3.05) is 0 Å². The maximum atomic E-state index is 9.69. The second-order valence-corrected chi connectivity index (χ2v) is 1.88. The second kappa shape index (κ2) is 3.04. The van der Waals surface area contributed by atoms with E-state index in [9.17, 15) is 4.57 Å². The zero-order chi connectivity index (χ0) is 5.86. The SMILES string of the molecule is CC(O)N[P+](=O)O. The molecule has 4 nitrogen and oxygen atoms in total. The van der Waals surface area contributed by atoms with Gasteiger partial charge in [0.2, 0.25) is 0 Å². The first-order valence-electron chi connectivity index (χ1n) is 1.73. The quantitative estimate of drug-likeness (QED) is 0.345. The summed E-state index contributed by atoms with van der Waals surface area (Å²) < 4.78 is 9.69. The van der Waals surface area contributed by atoms with E-state index in [0.717, 1.165) is 0 Å². The Kier molecular flexibility index (Phi) is 3.04. The predicted octanol–water partition coefficient (Wildman–Crippen LogP) is -0.436. The highest BCUT2D eigenvalue weighted by molar-refractivity contribution is 7.35. The van der Waals surface area contributed by atoms with Crippen molar-refractivity contribution in [3.8, 4) is 0 Å². The molecule has 0 fully saturated rings. The van der Waals surface area contributed by atoms with Crippen LogP contribution in [0.5, 0.6) is 0 Å². The number of aliphatic hydroxyl groups is 1. The van der Waals surface area contributed by atoms with Crippen LogP contribution in [0, 0.1) is 0 Å². The molecule has 0 heterocycles. The van der Waals surface area contributed by atoms with Gasteiger partial charge in [0.25, 0.3) is 0 Å². The third kappa shape index (κ3) is 5.98. The van der Waals surface area contributed by atoms with Gasteiger partial charge in [0.1, 0.15) is 6.23 Å². The van der Waals surface area contributed by atoms with Crippen LogP contribution in [0.15, 0.2) is 0 Å². The number of hydrogen-bond donors (Lipinski definition) is 3. The molecule has 7 heavy (non-hydrogen) atoms. The van der Waals surface area contributed by atoms with Crippen LogP contribution in [0.25, 0.3) is 0 Å². The molecule has 0 saturated carbocycles. The van der Waals surface area contributed by atoms with E-state index in [0.29, 0.717) is 0 Å². The molecule has 0 saturated heterocycles. The van der Waals surface area contributed by atoms with Gasteiger partial charge in [-0.15, -0.1) is 4.89 Å². The Labute approximate surface area is 42.1 Å². The Bertz CT molecular complexity index is 73.3. The van der Waals surface area contributed by atoms with Gasteiger partial charge in [-0.1, -0.05) is 5.09 Å². The van der Waals surface area contributed by atoms with Crippen molar-refractivity contribution >= 4 is 8.18 Å². The highest BCUT2D eigenvalue weighted by atomic mass is 31.1. The normalized spacial score (nSPS) is 16.1. The average Bonchev–Trinajstić information content (AvgIpc) is 1.27. The number of nitrogens with one attached hydrogen (secondary N) is 1. The fraction of sp³-hybridized carbons (Fsp3) is 1.00. The fourth-order valence-corrected chi connectivity index (χ4v) is 0.479. The molecule has 0 rings (SSSR count). The molecule has 0 aliphatic rings. The van der Waals surface area contributed by atoms with Crippen molar-refractivity contribution in [3.05, 3.63) is 0 Å².